The number of H-pyrrole nitrogens is 1. The third-order valence-electron chi connectivity index (χ3n) is 3.81. The van der Waals surface area contributed by atoms with Crippen molar-refractivity contribution in [1.29, 1.82) is 0 Å². The topological polar surface area (TPSA) is 107 Å². The van der Waals surface area contributed by atoms with Gasteiger partial charge < -0.3 is 10.3 Å². The zero-order valence-electron chi connectivity index (χ0n) is 11.3. The van der Waals surface area contributed by atoms with Crippen LogP contribution in [0, 0.1) is 0 Å². The highest BCUT2D eigenvalue weighted by atomic mass is 16.5. The SMILES string of the molecule is O=C(NO)c1ccc2c(=O)[nH]c(C3CCNCC3)nc2c1. The Morgan fingerprint density at radius 2 is 2.10 bits per heavy atom. The van der Waals surface area contributed by atoms with Crippen molar-refractivity contribution >= 4 is 16.8 Å². The van der Waals surface area contributed by atoms with Gasteiger partial charge in [-0.3, -0.25) is 14.8 Å². The van der Waals surface area contributed by atoms with Crippen LogP contribution in [0.2, 0.25) is 0 Å². The van der Waals surface area contributed by atoms with Crippen LogP contribution in [0.15, 0.2) is 23.0 Å². The molecule has 0 atom stereocenters. The number of benzene rings is 1. The average molecular weight is 288 g/mol. The van der Waals surface area contributed by atoms with Gasteiger partial charge in [-0.1, -0.05) is 0 Å². The molecule has 0 saturated carbocycles. The van der Waals surface area contributed by atoms with E-state index in [-0.39, 0.29) is 17.0 Å². The van der Waals surface area contributed by atoms with Crippen molar-refractivity contribution in [3.05, 3.63) is 39.9 Å². The van der Waals surface area contributed by atoms with Crippen LogP contribution in [0.1, 0.15) is 34.9 Å². The first kappa shape index (κ1) is 13.7. The summed E-state index contributed by atoms with van der Waals surface area (Å²) in [5.41, 5.74) is 2.10. The van der Waals surface area contributed by atoms with E-state index in [1.807, 2.05) is 0 Å². The van der Waals surface area contributed by atoms with Crippen LogP contribution in [-0.4, -0.2) is 34.2 Å². The molecule has 0 aliphatic carbocycles. The fourth-order valence-electron chi connectivity index (χ4n) is 2.65. The first-order valence-electron chi connectivity index (χ1n) is 6.88. The quantitative estimate of drug-likeness (QED) is 0.476. The number of hydroxylamine groups is 1. The lowest BCUT2D eigenvalue weighted by Gasteiger charge is -2.21. The number of hydrogen-bond donors (Lipinski definition) is 4. The van der Waals surface area contributed by atoms with E-state index < -0.39 is 5.91 Å². The molecule has 21 heavy (non-hydrogen) atoms. The molecule has 1 amide bonds. The van der Waals surface area contributed by atoms with E-state index in [4.69, 9.17) is 5.21 Å². The number of rotatable bonds is 2. The number of aromatic amines is 1. The smallest absolute Gasteiger partial charge is 0.274 e. The summed E-state index contributed by atoms with van der Waals surface area (Å²) < 4.78 is 0. The largest absolute Gasteiger partial charge is 0.317 e. The van der Waals surface area contributed by atoms with Crippen LogP contribution in [0.4, 0.5) is 0 Å². The Morgan fingerprint density at radius 1 is 1.33 bits per heavy atom. The molecule has 0 radical (unpaired) electrons. The van der Waals surface area contributed by atoms with Crippen molar-refractivity contribution in [1.82, 2.24) is 20.8 Å². The molecule has 110 valence electrons. The molecule has 1 saturated heterocycles. The van der Waals surface area contributed by atoms with Gasteiger partial charge in [-0.2, -0.15) is 0 Å². The molecule has 3 rings (SSSR count). The fourth-order valence-corrected chi connectivity index (χ4v) is 2.65. The molecule has 0 unspecified atom stereocenters. The number of carbonyl (C=O) groups is 1. The monoisotopic (exact) mass is 288 g/mol. The molecule has 2 aromatic rings. The van der Waals surface area contributed by atoms with Crippen LogP contribution >= 0.6 is 0 Å². The van der Waals surface area contributed by atoms with Crippen molar-refractivity contribution in [2.24, 2.45) is 0 Å². The minimum absolute atomic E-state index is 0.204. The Morgan fingerprint density at radius 3 is 2.81 bits per heavy atom. The van der Waals surface area contributed by atoms with Gasteiger partial charge in [-0.15, -0.1) is 0 Å². The Bertz CT molecular complexity index is 735. The Hall–Kier alpha value is -2.25. The van der Waals surface area contributed by atoms with Crippen LogP contribution in [0.25, 0.3) is 10.9 Å². The van der Waals surface area contributed by atoms with Gasteiger partial charge in [-0.05, 0) is 44.1 Å². The summed E-state index contributed by atoms with van der Waals surface area (Å²) >= 11 is 0. The average Bonchev–Trinajstić information content (AvgIpc) is 2.54. The molecule has 1 aromatic carbocycles. The van der Waals surface area contributed by atoms with E-state index in [9.17, 15) is 9.59 Å². The number of piperidine rings is 1. The summed E-state index contributed by atoms with van der Waals surface area (Å²) in [6, 6.07) is 4.54. The highest BCUT2D eigenvalue weighted by Gasteiger charge is 2.18. The van der Waals surface area contributed by atoms with Gasteiger partial charge >= 0.3 is 0 Å². The first-order chi connectivity index (χ1) is 10.2. The van der Waals surface area contributed by atoms with E-state index in [1.54, 1.807) is 5.48 Å². The van der Waals surface area contributed by atoms with Crippen LogP contribution < -0.4 is 16.4 Å². The highest BCUT2D eigenvalue weighted by molar-refractivity contribution is 5.96. The minimum atomic E-state index is -0.623. The number of nitrogens with one attached hydrogen (secondary N) is 3. The second kappa shape index (κ2) is 5.63. The zero-order chi connectivity index (χ0) is 14.8. The van der Waals surface area contributed by atoms with Crippen LogP contribution in [-0.2, 0) is 0 Å². The third kappa shape index (κ3) is 2.65. The molecule has 2 heterocycles. The fraction of sp³-hybridized carbons (Fsp3) is 0.357. The van der Waals surface area contributed by atoms with Crippen molar-refractivity contribution < 1.29 is 10.0 Å². The van der Waals surface area contributed by atoms with E-state index in [1.165, 1.54) is 18.2 Å². The van der Waals surface area contributed by atoms with Gasteiger partial charge in [0.2, 0.25) is 0 Å². The van der Waals surface area contributed by atoms with E-state index >= 15 is 0 Å². The van der Waals surface area contributed by atoms with Crippen molar-refractivity contribution in [2.75, 3.05) is 13.1 Å². The summed E-state index contributed by atoms with van der Waals surface area (Å²) in [5, 5.41) is 12.4. The second-order valence-corrected chi connectivity index (χ2v) is 5.15. The summed E-state index contributed by atoms with van der Waals surface area (Å²) in [4.78, 5) is 30.9. The van der Waals surface area contributed by atoms with Gasteiger partial charge in [0.05, 0.1) is 10.9 Å². The molecular weight excluding hydrogens is 272 g/mol. The standard InChI is InChI=1S/C14H16N4O3/c19-13(18-21)9-1-2-10-11(7-9)16-12(17-14(10)20)8-3-5-15-6-4-8/h1-2,7-8,15,21H,3-6H2,(H,18,19)(H,16,17,20). The van der Waals surface area contributed by atoms with Crippen molar-refractivity contribution in [3.63, 3.8) is 0 Å². The van der Waals surface area contributed by atoms with Crippen molar-refractivity contribution in [2.45, 2.75) is 18.8 Å². The Labute approximate surface area is 120 Å². The van der Waals surface area contributed by atoms with Gasteiger partial charge in [0, 0.05) is 11.5 Å². The Balaban J connectivity index is 2.07. The van der Waals surface area contributed by atoms with E-state index in [0.29, 0.717) is 16.7 Å². The normalized spacial score (nSPS) is 16.0. The molecule has 0 bridgehead atoms. The lowest BCUT2D eigenvalue weighted by atomic mass is 9.97. The molecule has 7 nitrogen and oxygen atoms in total. The number of amides is 1. The van der Waals surface area contributed by atoms with E-state index in [0.717, 1.165) is 25.9 Å². The van der Waals surface area contributed by atoms with Gasteiger partial charge in [0.25, 0.3) is 11.5 Å². The van der Waals surface area contributed by atoms with Crippen molar-refractivity contribution in [3.8, 4) is 0 Å². The maximum absolute atomic E-state index is 12.1. The molecular formula is C14H16N4O3. The Kier molecular flexibility index (Phi) is 3.68. The number of aromatic nitrogens is 2. The third-order valence-corrected chi connectivity index (χ3v) is 3.81. The molecule has 1 fully saturated rings. The summed E-state index contributed by atoms with van der Waals surface area (Å²) in [5.74, 6) is 0.261. The molecule has 1 aliphatic heterocycles. The second-order valence-electron chi connectivity index (χ2n) is 5.15. The highest BCUT2D eigenvalue weighted by Crippen LogP contribution is 2.22. The number of fused-ring (bicyclic) bond motifs is 1. The first-order valence-corrected chi connectivity index (χ1v) is 6.88. The van der Waals surface area contributed by atoms with Crippen LogP contribution in [0.5, 0.6) is 0 Å². The molecule has 1 aromatic heterocycles. The number of carbonyl (C=O) groups excluding carboxylic acids is 1. The maximum atomic E-state index is 12.1. The summed E-state index contributed by atoms with van der Waals surface area (Å²) in [7, 11) is 0. The minimum Gasteiger partial charge on any atom is -0.317 e. The van der Waals surface area contributed by atoms with Gasteiger partial charge in [-0.25, -0.2) is 10.5 Å². The number of hydrogen-bond acceptors (Lipinski definition) is 5. The predicted molar refractivity (Wildman–Crippen MR) is 76.5 cm³/mol. The predicted octanol–water partition coefficient (Wildman–Crippen LogP) is 0.509. The number of nitrogens with zero attached hydrogens (tertiary/aromatic N) is 1. The maximum Gasteiger partial charge on any atom is 0.274 e. The van der Waals surface area contributed by atoms with Gasteiger partial charge in [0.15, 0.2) is 0 Å². The molecule has 0 spiro atoms. The van der Waals surface area contributed by atoms with Crippen LogP contribution in [0.3, 0.4) is 0 Å². The van der Waals surface area contributed by atoms with Gasteiger partial charge in [0.1, 0.15) is 5.82 Å². The van der Waals surface area contributed by atoms with E-state index in [2.05, 4.69) is 15.3 Å². The molecule has 7 heteroatoms. The lowest BCUT2D eigenvalue weighted by Crippen LogP contribution is -2.28. The zero-order valence-corrected chi connectivity index (χ0v) is 11.3. The molecule has 1 aliphatic rings. The lowest BCUT2D eigenvalue weighted by molar-refractivity contribution is 0.0706. The summed E-state index contributed by atoms with van der Waals surface area (Å²) in [6.45, 7) is 1.80. The summed E-state index contributed by atoms with van der Waals surface area (Å²) in [6.07, 6.45) is 1.84. The molecule has 4 N–H and O–H groups in total.